The zero-order valence-corrected chi connectivity index (χ0v) is 12.2. The Morgan fingerprint density at radius 2 is 1.65 bits per heavy atom. The highest BCUT2D eigenvalue weighted by molar-refractivity contribution is 5.37. The third-order valence-electron chi connectivity index (χ3n) is 3.86. The number of aryl methyl sites for hydroxylation is 3. The fourth-order valence-corrected chi connectivity index (χ4v) is 2.89. The number of nitrogens with one attached hydrogen (secondary N) is 1. The summed E-state index contributed by atoms with van der Waals surface area (Å²) in [7, 11) is 2.07. The first-order chi connectivity index (χ1) is 7.99. The van der Waals surface area contributed by atoms with Gasteiger partial charge in [-0.3, -0.25) is 0 Å². The molecule has 96 valence electrons. The van der Waals surface area contributed by atoms with Crippen LogP contribution in [0.1, 0.15) is 42.5 Å². The second-order valence-corrected chi connectivity index (χ2v) is 5.36. The van der Waals surface area contributed by atoms with Gasteiger partial charge in [0.15, 0.2) is 0 Å². The molecule has 0 fully saturated rings. The van der Waals surface area contributed by atoms with E-state index in [9.17, 15) is 0 Å². The Hall–Kier alpha value is -0.820. The largest absolute Gasteiger partial charge is 0.317 e. The van der Waals surface area contributed by atoms with Gasteiger partial charge < -0.3 is 5.32 Å². The fraction of sp³-hybridized carbons (Fsp3) is 0.625. The molecule has 0 saturated carbocycles. The van der Waals surface area contributed by atoms with Crippen molar-refractivity contribution in [2.75, 3.05) is 7.05 Å². The van der Waals surface area contributed by atoms with Crippen molar-refractivity contribution in [3.05, 3.63) is 34.4 Å². The molecule has 1 N–H and O–H groups in total. The summed E-state index contributed by atoms with van der Waals surface area (Å²) in [6, 6.07) is 5.22. The van der Waals surface area contributed by atoms with Gasteiger partial charge in [0.05, 0.1) is 0 Å². The van der Waals surface area contributed by atoms with E-state index in [1.165, 1.54) is 35.1 Å². The van der Waals surface area contributed by atoms with Crippen LogP contribution >= 0.6 is 0 Å². The zero-order chi connectivity index (χ0) is 13.0. The SMILES string of the molecule is CCC(NC)C(C)Cc1c(C)cc(C)cc1C. The molecule has 0 saturated heterocycles. The lowest BCUT2D eigenvalue weighted by Crippen LogP contribution is -2.32. The maximum Gasteiger partial charge on any atom is 0.00902 e. The van der Waals surface area contributed by atoms with E-state index in [4.69, 9.17) is 0 Å². The van der Waals surface area contributed by atoms with Gasteiger partial charge in [-0.15, -0.1) is 0 Å². The van der Waals surface area contributed by atoms with E-state index in [-0.39, 0.29) is 0 Å². The minimum absolute atomic E-state index is 0.620. The molecule has 1 rings (SSSR count). The number of rotatable bonds is 5. The van der Waals surface area contributed by atoms with Crippen molar-refractivity contribution >= 4 is 0 Å². The van der Waals surface area contributed by atoms with E-state index < -0.39 is 0 Å². The smallest absolute Gasteiger partial charge is 0.00902 e. The lowest BCUT2D eigenvalue weighted by Gasteiger charge is -2.24. The zero-order valence-electron chi connectivity index (χ0n) is 12.2. The summed E-state index contributed by atoms with van der Waals surface area (Å²) in [4.78, 5) is 0. The molecule has 0 aliphatic carbocycles. The Kier molecular flexibility index (Phi) is 5.20. The van der Waals surface area contributed by atoms with Crippen LogP contribution in [-0.4, -0.2) is 13.1 Å². The summed E-state index contributed by atoms with van der Waals surface area (Å²) in [5.41, 5.74) is 5.80. The van der Waals surface area contributed by atoms with Crippen LogP contribution in [0.2, 0.25) is 0 Å². The molecule has 0 heterocycles. The molecule has 0 bridgehead atoms. The van der Waals surface area contributed by atoms with Crippen LogP contribution in [-0.2, 0) is 6.42 Å². The van der Waals surface area contributed by atoms with Crippen molar-refractivity contribution in [3.8, 4) is 0 Å². The Morgan fingerprint density at radius 3 is 2.06 bits per heavy atom. The van der Waals surface area contributed by atoms with Crippen molar-refractivity contribution in [2.45, 2.75) is 53.5 Å². The minimum Gasteiger partial charge on any atom is -0.317 e. The maximum absolute atomic E-state index is 3.42. The van der Waals surface area contributed by atoms with Crippen molar-refractivity contribution in [3.63, 3.8) is 0 Å². The van der Waals surface area contributed by atoms with Crippen molar-refractivity contribution in [1.29, 1.82) is 0 Å². The lowest BCUT2D eigenvalue weighted by atomic mass is 9.87. The van der Waals surface area contributed by atoms with E-state index in [0.29, 0.717) is 12.0 Å². The van der Waals surface area contributed by atoms with Crippen molar-refractivity contribution < 1.29 is 0 Å². The van der Waals surface area contributed by atoms with E-state index in [0.717, 1.165) is 0 Å². The molecule has 1 heteroatoms. The molecule has 1 aromatic rings. The summed E-state index contributed by atoms with van der Waals surface area (Å²) in [6.07, 6.45) is 2.37. The first-order valence-corrected chi connectivity index (χ1v) is 6.73. The average molecular weight is 233 g/mol. The average Bonchev–Trinajstić information content (AvgIpc) is 2.25. The highest BCUT2D eigenvalue weighted by Crippen LogP contribution is 2.22. The first-order valence-electron chi connectivity index (χ1n) is 6.73. The third kappa shape index (κ3) is 3.57. The summed E-state index contributed by atoms with van der Waals surface area (Å²) in [5.74, 6) is 0.685. The van der Waals surface area contributed by atoms with Gasteiger partial charge in [-0.2, -0.15) is 0 Å². The highest BCUT2D eigenvalue weighted by atomic mass is 14.9. The molecule has 0 aliphatic rings. The molecule has 0 aromatic heterocycles. The normalized spacial score (nSPS) is 14.7. The molecule has 2 atom stereocenters. The second-order valence-electron chi connectivity index (χ2n) is 5.36. The number of hydrogen-bond donors (Lipinski definition) is 1. The number of hydrogen-bond acceptors (Lipinski definition) is 1. The molecule has 0 amide bonds. The first kappa shape index (κ1) is 14.2. The Balaban J connectivity index is 2.88. The molecule has 1 nitrogen and oxygen atoms in total. The van der Waals surface area contributed by atoms with Crippen LogP contribution in [0.5, 0.6) is 0 Å². The third-order valence-corrected chi connectivity index (χ3v) is 3.86. The minimum atomic E-state index is 0.620. The molecule has 0 spiro atoms. The van der Waals surface area contributed by atoms with Crippen LogP contribution in [0.4, 0.5) is 0 Å². The Bertz CT molecular complexity index is 341. The molecule has 0 radical (unpaired) electrons. The van der Waals surface area contributed by atoms with Crippen LogP contribution in [0.3, 0.4) is 0 Å². The van der Waals surface area contributed by atoms with Crippen LogP contribution in [0, 0.1) is 26.7 Å². The van der Waals surface area contributed by atoms with Gasteiger partial charge in [0.2, 0.25) is 0 Å². The van der Waals surface area contributed by atoms with E-state index >= 15 is 0 Å². The van der Waals surface area contributed by atoms with Gasteiger partial charge >= 0.3 is 0 Å². The highest BCUT2D eigenvalue weighted by Gasteiger charge is 2.16. The molecule has 1 aromatic carbocycles. The number of benzene rings is 1. The van der Waals surface area contributed by atoms with Crippen LogP contribution in [0.15, 0.2) is 12.1 Å². The van der Waals surface area contributed by atoms with Gasteiger partial charge in [-0.05, 0) is 63.3 Å². The monoisotopic (exact) mass is 233 g/mol. The predicted octanol–water partition coefficient (Wildman–Crippen LogP) is 3.79. The van der Waals surface area contributed by atoms with E-state index in [1.54, 1.807) is 0 Å². The standard InChI is InChI=1S/C16H27N/c1-7-16(17-6)14(5)10-15-12(3)8-11(2)9-13(15)4/h8-9,14,16-17H,7,10H2,1-6H3. The topological polar surface area (TPSA) is 12.0 Å². The van der Waals surface area contributed by atoms with Crippen molar-refractivity contribution in [2.24, 2.45) is 5.92 Å². The quantitative estimate of drug-likeness (QED) is 0.816. The molecule has 17 heavy (non-hydrogen) atoms. The van der Waals surface area contributed by atoms with Gasteiger partial charge in [0.1, 0.15) is 0 Å². The van der Waals surface area contributed by atoms with Gasteiger partial charge in [-0.25, -0.2) is 0 Å². The molecular formula is C16H27N. The fourth-order valence-electron chi connectivity index (χ4n) is 2.89. The van der Waals surface area contributed by atoms with E-state index in [2.05, 4.69) is 59.1 Å². The summed E-state index contributed by atoms with van der Waals surface area (Å²) >= 11 is 0. The van der Waals surface area contributed by atoms with Gasteiger partial charge in [0, 0.05) is 6.04 Å². The second kappa shape index (κ2) is 6.20. The summed E-state index contributed by atoms with van der Waals surface area (Å²) in [6.45, 7) is 11.3. The Morgan fingerprint density at radius 1 is 1.12 bits per heavy atom. The van der Waals surface area contributed by atoms with Crippen LogP contribution < -0.4 is 5.32 Å². The molecule has 2 unspecified atom stereocenters. The van der Waals surface area contributed by atoms with Gasteiger partial charge in [-0.1, -0.05) is 31.5 Å². The van der Waals surface area contributed by atoms with E-state index in [1.807, 2.05) is 0 Å². The maximum atomic E-state index is 3.42. The van der Waals surface area contributed by atoms with Crippen LogP contribution in [0.25, 0.3) is 0 Å². The van der Waals surface area contributed by atoms with Crippen molar-refractivity contribution in [1.82, 2.24) is 5.32 Å². The Labute approximate surface area is 107 Å². The summed E-state index contributed by atoms with van der Waals surface area (Å²) < 4.78 is 0. The van der Waals surface area contributed by atoms with Gasteiger partial charge in [0.25, 0.3) is 0 Å². The predicted molar refractivity (Wildman–Crippen MR) is 76.7 cm³/mol. The molecule has 0 aliphatic heterocycles. The summed E-state index contributed by atoms with van der Waals surface area (Å²) in [5, 5.41) is 3.42. The lowest BCUT2D eigenvalue weighted by molar-refractivity contribution is 0.386. The molecular weight excluding hydrogens is 206 g/mol.